The van der Waals surface area contributed by atoms with E-state index in [0.717, 1.165) is 0 Å². The molecule has 2 rings (SSSR count). The van der Waals surface area contributed by atoms with E-state index in [4.69, 9.17) is 4.74 Å². The number of hydrogen-bond acceptors (Lipinski definition) is 3. The molecule has 24 heavy (non-hydrogen) atoms. The second-order valence-corrected chi connectivity index (χ2v) is 4.88. The lowest BCUT2D eigenvalue weighted by Gasteiger charge is -2.16. The minimum atomic E-state index is -2.26. The van der Waals surface area contributed by atoms with Crippen LogP contribution in [0.25, 0.3) is 0 Å². The number of methoxy groups -OCH3 is 1. The Labute approximate surface area is 134 Å². The predicted molar refractivity (Wildman–Crippen MR) is 76.4 cm³/mol. The van der Waals surface area contributed by atoms with E-state index >= 15 is 0 Å². The van der Waals surface area contributed by atoms with Crippen molar-refractivity contribution in [3.8, 4) is 5.75 Å². The van der Waals surface area contributed by atoms with Crippen LogP contribution in [0.5, 0.6) is 5.75 Å². The molecule has 0 aliphatic rings. The maximum absolute atomic E-state index is 13.6. The van der Waals surface area contributed by atoms with Crippen LogP contribution in [-0.4, -0.2) is 19.4 Å². The molecule has 2 aromatic carbocycles. The van der Waals surface area contributed by atoms with Crippen LogP contribution in [0.15, 0.2) is 24.3 Å². The van der Waals surface area contributed by atoms with Crippen LogP contribution in [0.1, 0.15) is 5.56 Å². The number of nitrogens with one attached hydrogen (secondary N) is 1. The van der Waals surface area contributed by atoms with Gasteiger partial charge < -0.3 is 14.8 Å². The fourth-order valence-electron chi connectivity index (χ4n) is 2.07. The minimum Gasteiger partial charge on any atom is -0.497 e. The van der Waals surface area contributed by atoms with Crippen molar-refractivity contribution >= 4 is 12.0 Å². The van der Waals surface area contributed by atoms with E-state index in [1.54, 1.807) is 24.3 Å². The van der Waals surface area contributed by atoms with Crippen molar-refractivity contribution in [2.24, 2.45) is 0 Å². The van der Waals surface area contributed by atoms with Crippen LogP contribution in [-0.2, 0) is 11.2 Å². The average molecular weight is 345 g/mol. The lowest BCUT2D eigenvalue weighted by molar-refractivity contribution is -0.108. The van der Waals surface area contributed by atoms with Crippen molar-refractivity contribution in [3.05, 3.63) is 58.9 Å². The quantitative estimate of drug-likeness (QED) is 0.376. The first-order valence-electron chi connectivity index (χ1n) is 6.75. The maximum Gasteiger partial charge on any atom is 0.200 e. The van der Waals surface area contributed by atoms with Crippen LogP contribution >= 0.6 is 0 Å². The summed E-state index contributed by atoms with van der Waals surface area (Å²) in [6, 6.07) is 5.24. The largest absolute Gasteiger partial charge is 0.497 e. The van der Waals surface area contributed by atoms with E-state index in [1.807, 2.05) is 0 Å². The number of anilines is 1. The Hall–Kier alpha value is -2.64. The van der Waals surface area contributed by atoms with Crippen molar-refractivity contribution in [2.75, 3.05) is 12.4 Å². The third-order valence-corrected chi connectivity index (χ3v) is 3.32. The van der Waals surface area contributed by atoms with Crippen LogP contribution < -0.4 is 10.1 Å². The zero-order valence-electron chi connectivity index (χ0n) is 12.4. The second-order valence-electron chi connectivity index (χ2n) is 4.88. The summed E-state index contributed by atoms with van der Waals surface area (Å²) in [6.07, 6.45) is 0.301. The number of carbonyl (C=O) groups is 1. The zero-order valence-corrected chi connectivity index (χ0v) is 12.4. The maximum atomic E-state index is 13.6. The van der Waals surface area contributed by atoms with Gasteiger partial charge in [-0.3, -0.25) is 0 Å². The Kier molecular flexibility index (Phi) is 5.38. The Balaban J connectivity index is 2.26. The van der Waals surface area contributed by atoms with Crippen molar-refractivity contribution < 1.29 is 31.5 Å². The van der Waals surface area contributed by atoms with Gasteiger partial charge in [0.2, 0.25) is 5.82 Å². The summed E-state index contributed by atoms with van der Waals surface area (Å²) in [5.41, 5.74) is -0.638. The molecule has 0 saturated heterocycles. The number of ether oxygens (including phenoxy) is 1. The molecular weight excluding hydrogens is 333 g/mol. The van der Waals surface area contributed by atoms with Crippen LogP contribution in [0.4, 0.5) is 27.6 Å². The number of hydrogen-bond donors (Lipinski definition) is 1. The molecule has 0 bridgehead atoms. The van der Waals surface area contributed by atoms with Crippen molar-refractivity contribution in [1.29, 1.82) is 0 Å². The molecule has 0 aliphatic heterocycles. The van der Waals surface area contributed by atoms with Crippen molar-refractivity contribution in [2.45, 2.75) is 12.5 Å². The fraction of sp³-hybridized carbons (Fsp3) is 0.188. The highest BCUT2D eigenvalue weighted by atomic mass is 19.2. The molecule has 0 unspecified atom stereocenters. The highest BCUT2D eigenvalue weighted by Crippen LogP contribution is 2.27. The molecule has 1 N–H and O–H groups in total. The number of aldehydes is 1. The smallest absolute Gasteiger partial charge is 0.200 e. The highest BCUT2D eigenvalue weighted by Gasteiger charge is 2.27. The molecule has 1 atom stereocenters. The SMILES string of the molecule is COc1ccc(C[C@H](C=O)Nc2c(F)c(F)c(F)c(F)c2F)cc1. The Morgan fingerprint density at radius 2 is 1.46 bits per heavy atom. The van der Waals surface area contributed by atoms with E-state index in [-0.39, 0.29) is 6.42 Å². The lowest BCUT2D eigenvalue weighted by atomic mass is 10.1. The van der Waals surface area contributed by atoms with Gasteiger partial charge in [-0.15, -0.1) is 0 Å². The summed E-state index contributed by atoms with van der Waals surface area (Å²) in [7, 11) is 1.47. The van der Waals surface area contributed by atoms with Gasteiger partial charge in [-0.1, -0.05) is 12.1 Å². The van der Waals surface area contributed by atoms with Gasteiger partial charge in [0.1, 0.15) is 17.7 Å². The van der Waals surface area contributed by atoms with Crippen molar-refractivity contribution in [1.82, 2.24) is 0 Å². The van der Waals surface area contributed by atoms with Gasteiger partial charge in [-0.05, 0) is 24.1 Å². The van der Waals surface area contributed by atoms with Gasteiger partial charge in [0.25, 0.3) is 0 Å². The fourth-order valence-corrected chi connectivity index (χ4v) is 2.07. The summed E-state index contributed by atoms with van der Waals surface area (Å²) < 4.78 is 71.5. The molecule has 0 fully saturated rings. The Morgan fingerprint density at radius 1 is 0.958 bits per heavy atom. The van der Waals surface area contributed by atoms with Crippen molar-refractivity contribution in [3.63, 3.8) is 0 Å². The number of benzene rings is 2. The molecular formula is C16H12F5NO2. The van der Waals surface area contributed by atoms with Gasteiger partial charge in [-0.25, -0.2) is 22.0 Å². The van der Waals surface area contributed by atoms with Gasteiger partial charge in [0, 0.05) is 0 Å². The molecule has 0 heterocycles. The normalized spacial score (nSPS) is 11.9. The average Bonchev–Trinajstić information content (AvgIpc) is 2.61. The van der Waals surface area contributed by atoms with Gasteiger partial charge >= 0.3 is 0 Å². The molecule has 0 radical (unpaired) electrons. The van der Waals surface area contributed by atoms with E-state index < -0.39 is 40.8 Å². The zero-order chi connectivity index (χ0) is 17.9. The predicted octanol–water partition coefficient (Wildman–Crippen LogP) is 3.61. The number of carbonyl (C=O) groups excluding carboxylic acids is 1. The molecule has 128 valence electrons. The van der Waals surface area contributed by atoms with Crippen LogP contribution in [0.3, 0.4) is 0 Å². The summed E-state index contributed by atoms with van der Waals surface area (Å²) in [5, 5.41) is 2.06. The standard InChI is InChI=1S/C16H12F5NO2/c1-24-10-4-2-8(3-5-10)6-9(7-23)22-16-14(20)12(18)11(17)13(19)15(16)21/h2-5,7,9,22H,6H2,1H3/t9-/m1/s1. The van der Waals surface area contributed by atoms with E-state index in [2.05, 4.69) is 5.32 Å². The molecule has 0 spiro atoms. The third kappa shape index (κ3) is 3.47. The summed E-state index contributed by atoms with van der Waals surface area (Å²) in [6.45, 7) is 0. The molecule has 0 aromatic heterocycles. The van der Waals surface area contributed by atoms with E-state index in [1.165, 1.54) is 7.11 Å². The van der Waals surface area contributed by atoms with E-state index in [9.17, 15) is 26.7 Å². The van der Waals surface area contributed by atoms with Gasteiger partial charge in [0.05, 0.1) is 13.2 Å². The molecule has 0 amide bonds. The summed E-state index contributed by atoms with van der Waals surface area (Å²) >= 11 is 0. The Bertz CT molecular complexity index is 720. The van der Waals surface area contributed by atoms with Gasteiger partial charge in [-0.2, -0.15) is 0 Å². The van der Waals surface area contributed by atoms with Crippen LogP contribution in [0.2, 0.25) is 0 Å². The molecule has 2 aromatic rings. The third-order valence-electron chi connectivity index (χ3n) is 3.32. The monoisotopic (exact) mass is 345 g/mol. The summed E-state index contributed by atoms with van der Waals surface area (Å²) in [4.78, 5) is 11.1. The first kappa shape index (κ1) is 17.7. The number of rotatable bonds is 6. The first-order chi connectivity index (χ1) is 11.4. The molecule has 0 aliphatic carbocycles. The second kappa shape index (κ2) is 7.29. The number of halogens is 5. The molecule has 0 saturated carbocycles. The van der Waals surface area contributed by atoms with Gasteiger partial charge in [0.15, 0.2) is 23.3 Å². The minimum absolute atomic E-state index is 0.0208. The summed E-state index contributed by atoms with van der Waals surface area (Å²) in [5.74, 6) is -9.89. The van der Waals surface area contributed by atoms with E-state index in [0.29, 0.717) is 17.6 Å². The topological polar surface area (TPSA) is 38.3 Å². The van der Waals surface area contributed by atoms with Crippen LogP contribution in [0, 0.1) is 29.1 Å². The molecule has 3 nitrogen and oxygen atoms in total. The lowest BCUT2D eigenvalue weighted by Crippen LogP contribution is -2.26. The first-order valence-corrected chi connectivity index (χ1v) is 6.75. The molecule has 8 heteroatoms. The Morgan fingerprint density at radius 3 is 1.92 bits per heavy atom. The highest BCUT2D eigenvalue weighted by molar-refractivity contribution is 5.66.